The third-order valence-corrected chi connectivity index (χ3v) is 4.30. The van der Waals surface area contributed by atoms with Crippen LogP contribution in [0, 0.1) is 5.92 Å². The topological polar surface area (TPSA) is 49.8 Å². The molecule has 1 unspecified atom stereocenters. The van der Waals surface area contributed by atoms with Crippen molar-refractivity contribution in [3.05, 3.63) is 28.8 Å². The van der Waals surface area contributed by atoms with Gasteiger partial charge in [0.05, 0.1) is 12.0 Å². The number of halogens is 1. The normalized spacial score (nSPS) is 16.9. The summed E-state index contributed by atoms with van der Waals surface area (Å²) in [6.45, 7) is 2.83. The Bertz CT molecular complexity index is 515. The number of ether oxygens (including phenoxy) is 1. The lowest BCUT2D eigenvalue weighted by atomic mass is 10.1. The van der Waals surface area contributed by atoms with Gasteiger partial charge < -0.3 is 14.7 Å². The lowest BCUT2D eigenvalue weighted by Gasteiger charge is -2.22. The van der Waals surface area contributed by atoms with Crippen LogP contribution in [0.1, 0.15) is 38.2 Å². The van der Waals surface area contributed by atoms with Gasteiger partial charge in [-0.25, -0.2) is 0 Å². The summed E-state index contributed by atoms with van der Waals surface area (Å²) in [5.74, 6) is -0.310. The maximum Gasteiger partial charge on any atom is 0.307 e. The van der Waals surface area contributed by atoms with E-state index in [0.29, 0.717) is 24.2 Å². The molecule has 1 aliphatic rings. The van der Waals surface area contributed by atoms with Gasteiger partial charge in [-0.3, -0.25) is 4.79 Å². The molecule has 0 aliphatic heterocycles. The van der Waals surface area contributed by atoms with E-state index in [1.807, 2.05) is 30.1 Å². The Kier molecular flexibility index (Phi) is 6.09. The molecule has 4 nitrogen and oxygen atoms in total. The minimum absolute atomic E-state index is 0.295. The first kappa shape index (κ1) is 17.1. The maximum absolute atomic E-state index is 11.0. The van der Waals surface area contributed by atoms with Crippen LogP contribution < -0.4 is 4.74 Å². The molecular weight excluding hydrogens is 302 g/mol. The summed E-state index contributed by atoms with van der Waals surface area (Å²) in [6.07, 6.45) is 4.96. The number of benzene rings is 1. The Labute approximate surface area is 137 Å². The monoisotopic (exact) mass is 325 g/mol. The number of hydrogen-bond acceptors (Lipinski definition) is 3. The molecule has 0 heterocycles. The lowest BCUT2D eigenvalue weighted by molar-refractivity contribution is -0.141. The third kappa shape index (κ3) is 4.89. The van der Waals surface area contributed by atoms with E-state index >= 15 is 0 Å². The van der Waals surface area contributed by atoms with Gasteiger partial charge in [0.1, 0.15) is 5.75 Å². The second-order valence-electron chi connectivity index (χ2n) is 6.21. The molecule has 0 bridgehead atoms. The number of carboxylic acids is 1. The average Bonchev–Trinajstić information content (AvgIpc) is 2.94. The van der Waals surface area contributed by atoms with Crippen LogP contribution in [0.25, 0.3) is 0 Å². The highest BCUT2D eigenvalue weighted by molar-refractivity contribution is 6.30. The van der Waals surface area contributed by atoms with E-state index in [1.165, 1.54) is 12.8 Å². The summed E-state index contributed by atoms with van der Waals surface area (Å²) in [7, 11) is 1.92. The van der Waals surface area contributed by atoms with E-state index in [0.717, 1.165) is 24.2 Å². The van der Waals surface area contributed by atoms with Crippen LogP contribution in [0.2, 0.25) is 5.02 Å². The largest absolute Gasteiger partial charge is 0.490 e. The molecule has 122 valence electrons. The number of carbonyl (C=O) groups is 1. The minimum Gasteiger partial charge on any atom is -0.490 e. The Morgan fingerprint density at radius 1 is 1.45 bits per heavy atom. The second kappa shape index (κ2) is 7.84. The maximum atomic E-state index is 11.0. The summed E-state index contributed by atoms with van der Waals surface area (Å²) in [6, 6.07) is 5.67. The smallest absolute Gasteiger partial charge is 0.307 e. The zero-order chi connectivity index (χ0) is 16.1. The van der Waals surface area contributed by atoms with Crippen molar-refractivity contribution in [2.24, 2.45) is 5.92 Å². The van der Waals surface area contributed by atoms with Crippen molar-refractivity contribution in [3.8, 4) is 5.75 Å². The molecule has 1 atom stereocenters. The van der Waals surface area contributed by atoms with Gasteiger partial charge in [0.25, 0.3) is 0 Å². The number of carboxylic acid groups (broad SMARTS) is 1. The van der Waals surface area contributed by atoms with Gasteiger partial charge in [-0.15, -0.1) is 0 Å². The van der Waals surface area contributed by atoms with Gasteiger partial charge in [0.15, 0.2) is 0 Å². The summed E-state index contributed by atoms with van der Waals surface area (Å²) in [5.41, 5.74) is 1.01. The van der Waals surface area contributed by atoms with Crippen LogP contribution in [0.3, 0.4) is 0 Å². The van der Waals surface area contributed by atoms with Crippen LogP contribution in [0.5, 0.6) is 5.75 Å². The second-order valence-corrected chi connectivity index (χ2v) is 6.65. The Morgan fingerprint density at radius 3 is 2.77 bits per heavy atom. The van der Waals surface area contributed by atoms with Gasteiger partial charge in [-0.2, -0.15) is 0 Å². The molecule has 0 spiro atoms. The molecule has 1 aromatic carbocycles. The summed E-state index contributed by atoms with van der Waals surface area (Å²) in [4.78, 5) is 13.0. The van der Waals surface area contributed by atoms with Gasteiger partial charge in [0.2, 0.25) is 0 Å². The van der Waals surface area contributed by atoms with Crippen molar-refractivity contribution in [1.29, 1.82) is 0 Å². The minimum atomic E-state index is -0.777. The van der Waals surface area contributed by atoms with E-state index < -0.39 is 11.9 Å². The van der Waals surface area contributed by atoms with E-state index in [9.17, 15) is 4.79 Å². The predicted octanol–water partition coefficient (Wildman–Crippen LogP) is 3.81. The molecule has 0 aromatic heterocycles. The van der Waals surface area contributed by atoms with E-state index in [-0.39, 0.29) is 0 Å². The van der Waals surface area contributed by atoms with Crippen LogP contribution in [-0.4, -0.2) is 35.7 Å². The first-order valence-electron chi connectivity index (χ1n) is 7.82. The lowest BCUT2D eigenvalue weighted by Crippen LogP contribution is -2.28. The molecule has 1 fully saturated rings. The molecule has 5 heteroatoms. The fraction of sp³-hybridized carbons (Fsp3) is 0.588. The zero-order valence-corrected chi connectivity index (χ0v) is 14.0. The summed E-state index contributed by atoms with van der Waals surface area (Å²) in [5, 5.41) is 9.69. The van der Waals surface area contributed by atoms with Gasteiger partial charge in [-0.1, -0.05) is 18.5 Å². The van der Waals surface area contributed by atoms with Crippen molar-refractivity contribution in [2.45, 2.75) is 45.3 Å². The molecule has 0 amide bonds. The fourth-order valence-corrected chi connectivity index (χ4v) is 3.07. The molecular formula is C17H24ClNO3. The van der Waals surface area contributed by atoms with E-state index in [2.05, 4.69) is 0 Å². The van der Waals surface area contributed by atoms with Crippen LogP contribution in [0.4, 0.5) is 0 Å². The first-order valence-corrected chi connectivity index (χ1v) is 8.20. The van der Waals surface area contributed by atoms with Crippen LogP contribution in [-0.2, 0) is 11.3 Å². The van der Waals surface area contributed by atoms with Gasteiger partial charge >= 0.3 is 5.97 Å². The van der Waals surface area contributed by atoms with Crippen LogP contribution >= 0.6 is 11.6 Å². The molecule has 22 heavy (non-hydrogen) atoms. The first-order chi connectivity index (χ1) is 10.5. The Hall–Kier alpha value is -1.26. The number of rotatable bonds is 7. The van der Waals surface area contributed by atoms with E-state index in [1.54, 1.807) is 6.92 Å². The molecule has 0 saturated heterocycles. The highest BCUT2D eigenvalue weighted by Crippen LogP contribution is 2.29. The zero-order valence-electron chi connectivity index (χ0n) is 13.2. The molecule has 1 aliphatic carbocycles. The van der Waals surface area contributed by atoms with Crippen molar-refractivity contribution in [3.63, 3.8) is 0 Å². The van der Waals surface area contributed by atoms with Crippen molar-refractivity contribution < 1.29 is 14.6 Å². The Morgan fingerprint density at radius 2 is 2.14 bits per heavy atom. The van der Waals surface area contributed by atoms with Crippen molar-refractivity contribution in [1.82, 2.24) is 4.90 Å². The Balaban J connectivity index is 2.04. The SMILES string of the molecule is CC(CN(C)Cc1cc(Cl)ccc1OC1CCCC1)C(=O)O. The van der Waals surface area contributed by atoms with Gasteiger partial charge in [-0.05, 0) is 50.9 Å². The highest BCUT2D eigenvalue weighted by atomic mass is 35.5. The number of aliphatic carboxylic acids is 1. The highest BCUT2D eigenvalue weighted by Gasteiger charge is 2.19. The fourth-order valence-electron chi connectivity index (χ4n) is 2.87. The quantitative estimate of drug-likeness (QED) is 0.828. The molecule has 1 saturated carbocycles. The summed E-state index contributed by atoms with van der Waals surface area (Å²) >= 11 is 6.10. The van der Waals surface area contributed by atoms with E-state index in [4.69, 9.17) is 21.4 Å². The number of nitrogens with zero attached hydrogens (tertiary/aromatic N) is 1. The summed E-state index contributed by atoms with van der Waals surface area (Å²) < 4.78 is 6.11. The van der Waals surface area contributed by atoms with Crippen molar-refractivity contribution in [2.75, 3.05) is 13.6 Å². The molecule has 0 radical (unpaired) electrons. The standard InChI is InChI=1S/C17H24ClNO3/c1-12(17(20)21)10-19(2)11-13-9-14(18)7-8-16(13)22-15-5-3-4-6-15/h7-9,12,15H,3-6,10-11H2,1-2H3,(H,20,21). The number of hydrogen-bond donors (Lipinski definition) is 1. The molecule has 1 N–H and O–H groups in total. The third-order valence-electron chi connectivity index (χ3n) is 4.07. The molecule has 1 aromatic rings. The van der Waals surface area contributed by atoms with Crippen molar-refractivity contribution >= 4 is 17.6 Å². The average molecular weight is 326 g/mol. The predicted molar refractivity (Wildman–Crippen MR) is 87.5 cm³/mol. The van der Waals surface area contributed by atoms with Crippen LogP contribution in [0.15, 0.2) is 18.2 Å². The van der Waals surface area contributed by atoms with Gasteiger partial charge in [0, 0.05) is 23.7 Å². The molecule has 2 rings (SSSR count).